The lowest BCUT2D eigenvalue weighted by molar-refractivity contribution is -0.122. The zero-order valence-corrected chi connectivity index (χ0v) is 16.4. The van der Waals surface area contributed by atoms with Crippen molar-refractivity contribution in [2.75, 3.05) is 37.6 Å². The predicted molar refractivity (Wildman–Crippen MR) is 106 cm³/mol. The van der Waals surface area contributed by atoms with Gasteiger partial charge in [0.05, 0.1) is 6.26 Å². The van der Waals surface area contributed by atoms with Crippen LogP contribution in [-0.2, 0) is 11.3 Å². The normalized spacial score (nSPS) is 15.9. The monoisotopic (exact) mass is 385 g/mol. The summed E-state index contributed by atoms with van der Waals surface area (Å²) in [6, 6.07) is 6.41. The van der Waals surface area contributed by atoms with E-state index in [0.29, 0.717) is 6.54 Å². The molecule has 8 nitrogen and oxygen atoms in total. The zero-order valence-electron chi connectivity index (χ0n) is 16.4. The van der Waals surface area contributed by atoms with E-state index in [1.807, 2.05) is 12.1 Å². The molecule has 2 aromatic rings. The summed E-state index contributed by atoms with van der Waals surface area (Å²) >= 11 is 0. The topological polar surface area (TPSA) is 90.7 Å². The molecule has 1 unspecified atom stereocenters. The molecule has 0 spiro atoms. The fourth-order valence-corrected chi connectivity index (χ4v) is 3.12. The molecule has 28 heavy (non-hydrogen) atoms. The third kappa shape index (κ3) is 5.10. The van der Waals surface area contributed by atoms with Gasteiger partial charge in [0.25, 0.3) is 5.91 Å². The summed E-state index contributed by atoms with van der Waals surface area (Å²) in [6.07, 6.45) is 3.19. The van der Waals surface area contributed by atoms with Gasteiger partial charge in [-0.05, 0) is 43.3 Å². The van der Waals surface area contributed by atoms with Gasteiger partial charge in [-0.3, -0.25) is 9.59 Å². The number of pyridine rings is 1. The van der Waals surface area contributed by atoms with Gasteiger partial charge >= 0.3 is 0 Å². The molecule has 2 aromatic heterocycles. The molecule has 8 heteroatoms. The molecule has 2 amide bonds. The Morgan fingerprint density at radius 2 is 2.04 bits per heavy atom. The maximum Gasteiger partial charge on any atom is 0.287 e. The van der Waals surface area contributed by atoms with Crippen molar-refractivity contribution in [1.29, 1.82) is 0 Å². The molecule has 3 rings (SSSR count). The molecular formula is C20H27N5O3. The molecule has 0 aromatic carbocycles. The summed E-state index contributed by atoms with van der Waals surface area (Å²) in [5, 5.41) is 5.48. The standard InChI is InChI=1S/C20H27N5O3/c1-3-24-8-10-25(11-9-24)18-13-16(6-7-21-18)14-22-19(26)15(2)23-20(27)17-5-4-12-28-17/h4-7,12-13,15H,3,8-11,14H2,1-2H3,(H,22,26)(H,23,27). The van der Waals surface area contributed by atoms with Gasteiger partial charge in [-0.1, -0.05) is 6.92 Å². The van der Waals surface area contributed by atoms with Crippen LogP contribution >= 0.6 is 0 Å². The minimum absolute atomic E-state index is 0.182. The fourth-order valence-electron chi connectivity index (χ4n) is 3.12. The highest BCUT2D eigenvalue weighted by Crippen LogP contribution is 2.15. The molecule has 1 fully saturated rings. The Kier molecular flexibility index (Phi) is 6.65. The predicted octanol–water partition coefficient (Wildman–Crippen LogP) is 1.25. The highest BCUT2D eigenvalue weighted by Gasteiger charge is 2.19. The van der Waals surface area contributed by atoms with E-state index in [1.54, 1.807) is 25.3 Å². The van der Waals surface area contributed by atoms with E-state index < -0.39 is 11.9 Å². The molecule has 1 aliphatic rings. The number of nitrogens with zero attached hydrogens (tertiary/aromatic N) is 3. The number of hydrogen-bond donors (Lipinski definition) is 2. The van der Waals surface area contributed by atoms with Crippen molar-refractivity contribution >= 4 is 17.6 Å². The second-order valence-corrected chi connectivity index (χ2v) is 6.83. The molecule has 0 saturated carbocycles. The van der Waals surface area contributed by atoms with Crippen LogP contribution in [0.15, 0.2) is 41.1 Å². The molecule has 0 aliphatic carbocycles. The third-order valence-corrected chi connectivity index (χ3v) is 4.91. The Morgan fingerprint density at radius 1 is 1.25 bits per heavy atom. The molecule has 150 valence electrons. The quantitative estimate of drug-likeness (QED) is 0.746. The number of likely N-dealkylation sites (N-methyl/N-ethyl adjacent to an activating group) is 1. The Bertz CT molecular complexity index is 785. The van der Waals surface area contributed by atoms with Crippen molar-refractivity contribution in [3.8, 4) is 0 Å². The highest BCUT2D eigenvalue weighted by molar-refractivity contribution is 5.95. The van der Waals surface area contributed by atoms with E-state index in [1.165, 1.54) is 6.26 Å². The van der Waals surface area contributed by atoms with Crippen LogP contribution in [0.25, 0.3) is 0 Å². The molecule has 1 atom stereocenters. The van der Waals surface area contributed by atoms with Gasteiger partial charge in [0.2, 0.25) is 5.91 Å². The van der Waals surface area contributed by atoms with E-state index in [4.69, 9.17) is 4.42 Å². The number of rotatable bonds is 7. The maximum absolute atomic E-state index is 12.3. The van der Waals surface area contributed by atoms with E-state index >= 15 is 0 Å². The Hall–Kier alpha value is -2.87. The maximum atomic E-state index is 12.3. The minimum atomic E-state index is -0.666. The van der Waals surface area contributed by atoms with Crippen LogP contribution in [0.3, 0.4) is 0 Å². The summed E-state index contributed by atoms with van der Waals surface area (Å²) in [5.41, 5.74) is 0.973. The lowest BCUT2D eigenvalue weighted by Gasteiger charge is -2.34. The first-order valence-corrected chi connectivity index (χ1v) is 9.61. The van der Waals surface area contributed by atoms with Crippen LogP contribution in [0.1, 0.15) is 30.0 Å². The minimum Gasteiger partial charge on any atom is -0.459 e. The number of carbonyl (C=O) groups excluding carboxylic acids is 2. The largest absolute Gasteiger partial charge is 0.459 e. The van der Waals surface area contributed by atoms with Crippen LogP contribution in [0.4, 0.5) is 5.82 Å². The van der Waals surface area contributed by atoms with E-state index in [2.05, 4.69) is 32.3 Å². The number of aromatic nitrogens is 1. The molecule has 0 bridgehead atoms. The summed E-state index contributed by atoms with van der Waals surface area (Å²) in [6.45, 7) is 9.24. The van der Waals surface area contributed by atoms with Crippen molar-refractivity contribution in [1.82, 2.24) is 20.5 Å². The smallest absolute Gasteiger partial charge is 0.287 e. The van der Waals surface area contributed by atoms with Gasteiger partial charge in [-0.25, -0.2) is 4.98 Å². The number of furan rings is 1. The third-order valence-electron chi connectivity index (χ3n) is 4.91. The first-order valence-electron chi connectivity index (χ1n) is 9.61. The van der Waals surface area contributed by atoms with E-state index in [-0.39, 0.29) is 11.7 Å². The van der Waals surface area contributed by atoms with Gasteiger partial charge in [-0.15, -0.1) is 0 Å². The van der Waals surface area contributed by atoms with Gasteiger partial charge < -0.3 is 24.9 Å². The van der Waals surface area contributed by atoms with Gasteiger partial charge in [0, 0.05) is 38.9 Å². The van der Waals surface area contributed by atoms with Gasteiger partial charge in [0.1, 0.15) is 11.9 Å². The lowest BCUT2D eigenvalue weighted by atomic mass is 10.2. The number of carbonyl (C=O) groups is 2. The van der Waals surface area contributed by atoms with Crippen LogP contribution in [0.5, 0.6) is 0 Å². The first kappa shape index (κ1) is 19.9. The SMILES string of the molecule is CCN1CCN(c2cc(CNC(=O)C(C)NC(=O)c3ccco3)ccn2)CC1. The van der Waals surface area contributed by atoms with Crippen LogP contribution in [-0.4, -0.2) is 60.5 Å². The summed E-state index contributed by atoms with van der Waals surface area (Å²) in [5.74, 6) is 0.447. The van der Waals surface area contributed by atoms with Crippen molar-refractivity contribution < 1.29 is 14.0 Å². The average molecular weight is 385 g/mol. The summed E-state index contributed by atoms with van der Waals surface area (Å²) in [4.78, 5) is 33.4. The molecule has 1 aliphatic heterocycles. The summed E-state index contributed by atoms with van der Waals surface area (Å²) < 4.78 is 5.03. The van der Waals surface area contributed by atoms with Crippen LogP contribution in [0, 0.1) is 0 Å². The van der Waals surface area contributed by atoms with Crippen molar-refractivity contribution in [2.24, 2.45) is 0 Å². The number of piperazine rings is 1. The Morgan fingerprint density at radius 3 is 2.71 bits per heavy atom. The summed E-state index contributed by atoms with van der Waals surface area (Å²) in [7, 11) is 0. The van der Waals surface area contributed by atoms with Gasteiger partial charge in [0.15, 0.2) is 5.76 Å². The van der Waals surface area contributed by atoms with Gasteiger partial charge in [-0.2, -0.15) is 0 Å². The Balaban J connectivity index is 1.50. The number of amides is 2. The highest BCUT2D eigenvalue weighted by atomic mass is 16.3. The van der Waals surface area contributed by atoms with Crippen molar-refractivity contribution in [3.63, 3.8) is 0 Å². The van der Waals surface area contributed by atoms with E-state index in [9.17, 15) is 9.59 Å². The number of nitrogens with one attached hydrogen (secondary N) is 2. The number of hydrogen-bond acceptors (Lipinski definition) is 6. The van der Waals surface area contributed by atoms with Crippen molar-refractivity contribution in [2.45, 2.75) is 26.4 Å². The van der Waals surface area contributed by atoms with Crippen LogP contribution < -0.4 is 15.5 Å². The molecule has 1 saturated heterocycles. The number of anilines is 1. The van der Waals surface area contributed by atoms with Crippen molar-refractivity contribution in [3.05, 3.63) is 48.0 Å². The Labute approximate surface area is 164 Å². The zero-order chi connectivity index (χ0) is 19.9. The molecular weight excluding hydrogens is 358 g/mol. The van der Waals surface area contributed by atoms with E-state index in [0.717, 1.165) is 44.1 Å². The second-order valence-electron chi connectivity index (χ2n) is 6.83. The first-order chi connectivity index (χ1) is 13.6. The lowest BCUT2D eigenvalue weighted by Crippen LogP contribution is -2.46. The second kappa shape index (κ2) is 9.36. The fraction of sp³-hybridized carbons (Fsp3) is 0.450. The molecule has 2 N–H and O–H groups in total. The average Bonchev–Trinajstić information content (AvgIpc) is 3.27. The van der Waals surface area contributed by atoms with Crippen LogP contribution in [0.2, 0.25) is 0 Å². The molecule has 3 heterocycles. The molecule has 0 radical (unpaired) electrons.